The molecule has 2 heteroatoms. The van der Waals surface area contributed by atoms with Gasteiger partial charge < -0.3 is 0 Å². The van der Waals surface area contributed by atoms with Gasteiger partial charge in [0.15, 0.2) is 0 Å². The van der Waals surface area contributed by atoms with Gasteiger partial charge in [-0.3, -0.25) is 0 Å². The smallest absolute Gasteiger partial charge is 0.0569 e. The van der Waals surface area contributed by atoms with E-state index in [-0.39, 0.29) is 0 Å². The van der Waals surface area contributed by atoms with Crippen LogP contribution in [0.25, 0.3) is 0 Å². The van der Waals surface area contributed by atoms with E-state index in [0.717, 1.165) is 8.27 Å². The van der Waals surface area contributed by atoms with Gasteiger partial charge in [-0.25, -0.2) is 0 Å². The second-order valence-electron chi connectivity index (χ2n) is 3.71. The maximum absolute atomic E-state index is 2.30. The van der Waals surface area contributed by atoms with Crippen LogP contribution in [0.3, 0.4) is 0 Å². The summed E-state index contributed by atoms with van der Waals surface area (Å²) in [6.45, 7) is 4.59. The summed E-state index contributed by atoms with van der Waals surface area (Å²) in [5, 5.41) is 0. The lowest BCUT2D eigenvalue weighted by Gasteiger charge is -1.97. The van der Waals surface area contributed by atoms with Gasteiger partial charge in [0.05, 0.1) is 6.16 Å². The van der Waals surface area contributed by atoms with E-state index < -0.39 is 0 Å². The maximum atomic E-state index is 2.30. The molecule has 2 unspecified atom stereocenters. The Morgan fingerprint density at radius 2 is 1.54 bits per heavy atom. The molecule has 0 saturated heterocycles. The number of hydrogen-bond donors (Lipinski definition) is 0. The van der Waals surface area contributed by atoms with Crippen molar-refractivity contribution in [2.24, 2.45) is 0 Å². The molecule has 0 aliphatic carbocycles. The fourth-order valence-electron chi connectivity index (χ4n) is 1.34. The zero-order valence-electron chi connectivity index (χ0n) is 9.44. The molecule has 0 amide bonds. The third-order valence-electron chi connectivity index (χ3n) is 2.27. The quantitative estimate of drug-likeness (QED) is 0.368. The van der Waals surface area contributed by atoms with E-state index in [9.17, 15) is 0 Å². The van der Waals surface area contributed by atoms with Crippen LogP contribution in [0.5, 0.6) is 0 Å². The monoisotopic (exact) mass is 221 g/mol. The third-order valence-corrected chi connectivity index (χ3v) is 6.50. The van der Waals surface area contributed by atoms with Gasteiger partial charge in [-0.15, -0.1) is 0 Å². The molecule has 0 fully saturated rings. The van der Waals surface area contributed by atoms with Gasteiger partial charge >= 0.3 is 0 Å². The van der Waals surface area contributed by atoms with Crippen LogP contribution in [0.2, 0.25) is 0 Å². The molecule has 2 atom stereocenters. The van der Waals surface area contributed by atoms with E-state index in [1.54, 1.807) is 12.3 Å². The van der Waals surface area contributed by atoms with Crippen molar-refractivity contribution < 1.29 is 0 Å². The number of hydrogen-bond acceptors (Lipinski definition) is 0. The standard InChI is InChI=1S/C11H26P2/c1-3-5-7-8-9-11-13-12-10-6-4-2/h12-13H,3-11H2,1-2H3/p+1. The topological polar surface area (TPSA) is 0 Å². The highest BCUT2D eigenvalue weighted by Crippen LogP contribution is 2.37. The third kappa shape index (κ3) is 12.9. The Hall–Kier alpha value is 0.860. The lowest BCUT2D eigenvalue weighted by Crippen LogP contribution is -1.78. The zero-order valence-corrected chi connectivity index (χ0v) is 11.6. The first-order valence-corrected chi connectivity index (χ1v) is 9.80. The van der Waals surface area contributed by atoms with Crippen LogP contribution in [0.4, 0.5) is 0 Å². The van der Waals surface area contributed by atoms with Gasteiger partial charge in [-0.2, -0.15) is 0 Å². The molecular formula is C11H27P2+. The van der Waals surface area contributed by atoms with Crippen molar-refractivity contribution in [1.29, 1.82) is 0 Å². The predicted octanol–water partition coefficient (Wildman–Crippen LogP) is 4.76. The van der Waals surface area contributed by atoms with E-state index >= 15 is 0 Å². The second kappa shape index (κ2) is 12.9. The van der Waals surface area contributed by atoms with Crippen molar-refractivity contribution in [3.05, 3.63) is 0 Å². The van der Waals surface area contributed by atoms with Crippen molar-refractivity contribution in [3.63, 3.8) is 0 Å². The Labute approximate surface area is 88.1 Å². The van der Waals surface area contributed by atoms with Gasteiger partial charge in [0, 0.05) is 16.5 Å². The molecule has 0 aliphatic heterocycles. The maximum Gasteiger partial charge on any atom is 0.0569 e. The highest BCUT2D eigenvalue weighted by Gasteiger charge is 1.95. The summed E-state index contributed by atoms with van der Waals surface area (Å²) >= 11 is 0. The molecule has 0 heterocycles. The average molecular weight is 221 g/mol. The summed E-state index contributed by atoms with van der Waals surface area (Å²) < 4.78 is 0. The largest absolute Gasteiger partial charge is 0.0654 e. The van der Waals surface area contributed by atoms with Crippen LogP contribution < -0.4 is 0 Å². The van der Waals surface area contributed by atoms with E-state index in [1.165, 1.54) is 53.2 Å². The molecule has 13 heavy (non-hydrogen) atoms. The molecule has 0 rings (SSSR count). The highest BCUT2D eigenvalue weighted by molar-refractivity contribution is 8.11. The van der Waals surface area contributed by atoms with Crippen molar-refractivity contribution in [3.8, 4) is 0 Å². The van der Waals surface area contributed by atoms with Crippen molar-refractivity contribution in [2.75, 3.05) is 12.3 Å². The first-order chi connectivity index (χ1) is 6.41. The number of unbranched alkanes of at least 4 members (excludes halogenated alkanes) is 5. The van der Waals surface area contributed by atoms with Crippen LogP contribution in [0.15, 0.2) is 0 Å². The SMILES string of the molecule is CCCCCCCP[PH2+]CCCC. The number of rotatable bonds is 10. The molecule has 0 spiro atoms. The summed E-state index contributed by atoms with van der Waals surface area (Å²) in [5.74, 6) is 0. The fraction of sp³-hybridized carbons (Fsp3) is 1.00. The molecule has 0 bridgehead atoms. The Kier molecular flexibility index (Phi) is 13.7. The average Bonchev–Trinajstić information content (AvgIpc) is 2.16. The summed E-state index contributed by atoms with van der Waals surface area (Å²) in [6, 6.07) is 0. The minimum absolute atomic E-state index is 0.834. The van der Waals surface area contributed by atoms with Crippen LogP contribution in [0.1, 0.15) is 58.8 Å². The molecule has 80 valence electrons. The molecule has 0 radical (unpaired) electrons. The van der Waals surface area contributed by atoms with E-state index in [0.29, 0.717) is 0 Å². The van der Waals surface area contributed by atoms with Gasteiger partial charge in [-0.05, 0) is 19.0 Å². The second-order valence-corrected chi connectivity index (χ2v) is 8.06. The zero-order chi connectivity index (χ0) is 9.78. The van der Waals surface area contributed by atoms with Gasteiger partial charge in [0.1, 0.15) is 0 Å². The van der Waals surface area contributed by atoms with Gasteiger partial charge in [0.2, 0.25) is 0 Å². The summed E-state index contributed by atoms with van der Waals surface area (Å²) in [6.07, 6.45) is 13.3. The summed E-state index contributed by atoms with van der Waals surface area (Å²) in [5.41, 5.74) is 0. The molecule has 0 saturated carbocycles. The van der Waals surface area contributed by atoms with Crippen LogP contribution in [0, 0.1) is 0 Å². The molecule has 0 aromatic carbocycles. The summed E-state index contributed by atoms with van der Waals surface area (Å²) in [4.78, 5) is 0. The van der Waals surface area contributed by atoms with E-state index in [1.807, 2.05) is 0 Å². The lowest BCUT2D eigenvalue weighted by atomic mass is 10.2. The summed E-state index contributed by atoms with van der Waals surface area (Å²) in [7, 11) is 2.17. The first-order valence-electron chi connectivity index (χ1n) is 5.96. The van der Waals surface area contributed by atoms with Gasteiger partial charge in [0.25, 0.3) is 0 Å². The Morgan fingerprint density at radius 1 is 0.846 bits per heavy atom. The predicted molar refractivity (Wildman–Crippen MR) is 71.4 cm³/mol. The van der Waals surface area contributed by atoms with E-state index in [2.05, 4.69) is 13.8 Å². The van der Waals surface area contributed by atoms with Crippen LogP contribution in [-0.4, -0.2) is 12.3 Å². The Bertz CT molecular complexity index is 74.2. The minimum atomic E-state index is 0.834. The normalized spacial score (nSPS) is 12.5. The van der Waals surface area contributed by atoms with Gasteiger partial charge in [-0.1, -0.05) is 46.0 Å². The van der Waals surface area contributed by atoms with Crippen molar-refractivity contribution in [1.82, 2.24) is 0 Å². The van der Waals surface area contributed by atoms with E-state index in [4.69, 9.17) is 0 Å². The molecule has 0 aromatic heterocycles. The molecule has 0 nitrogen and oxygen atoms in total. The van der Waals surface area contributed by atoms with Crippen molar-refractivity contribution in [2.45, 2.75) is 58.8 Å². The molecule has 0 N–H and O–H groups in total. The minimum Gasteiger partial charge on any atom is -0.0654 e. The lowest BCUT2D eigenvalue weighted by molar-refractivity contribution is 0.659. The fourth-order valence-corrected chi connectivity index (χ4v) is 5.27. The first kappa shape index (κ1) is 13.9. The molecule has 0 aliphatic rings. The Balaban J connectivity index is 2.76. The molecule has 0 aromatic rings. The highest BCUT2D eigenvalue weighted by atomic mass is 32.0. The van der Waals surface area contributed by atoms with Crippen LogP contribution in [-0.2, 0) is 0 Å². The Morgan fingerprint density at radius 3 is 2.23 bits per heavy atom. The van der Waals surface area contributed by atoms with Crippen LogP contribution >= 0.6 is 16.5 Å². The van der Waals surface area contributed by atoms with Crippen molar-refractivity contribution >= 4 is 16.5 Å². The molecular weight excluding hydrogens is 194 g/mol.